The predicted octanol–water partition coefficient (Wildman–Crippen LogP) is 2.78. The summed E-state index contributed by atoms with van der Waals surface area (Å²) in [5.74, 6) is 0.375. The molecule has 0 amide bonds. The highest BCUT2D eigenvalue weighted by atomic mass is 16.3. The van der Waals surface area contributed by atoms with E-state index in [1.54, 1.807) is 6.07 Å². The van der Waals surface area contributed by atoms with Crippen molar-refractivity contribution in [2.24, 2.45) is 0 Å². The second-order valence-corrected chi connectivity index (χ2v) is 5.16. The molecule has 3 heteroatoms. The lowest BCUT2D eigenvalue weighted by Crippen LogP contribution is -2.34. The first-order chi connectivity index (χ1) is 8.34. The van der Waals surface area contributed by atoms with Gasteiger partial charge in [0, 0.05) is 18.6 Å². The Hall–Kier alpha value is -1.22. The molecule has 1 fully saturated rings. The van der Waals surface area contributed by atoms with Gasteiger partial charge in [-0.05, 0) is 30.9 Å². The second-order valence-electron chi connectivity index (χ2n) is 5.16. The topological polar surface area (TPSA) is 44.3 Å². The van der Waals surface area contributed by atoms with Crippen molar-refractivity contribution in [3.8, 4) is 5.75 Å². The molecular formula is C14H20N2O. The van der Waals surface area contributed by atoms with E-state index in [0.717, 1.165) is 18.7 Å². The van der Waals surface area contributed by atoms with E-state index in [-0.39, 0.29) is 0 Å². The number of rotatable bonds is 2. The molecule has 1 heterocycles. The third kappa shape index (κ3) is 2.12. The smallest absolute Gasteiger partial charge is 0.139 e. The number of para-hydroxylation sites is 1. The first kappa shape index (κ1) is 10.9. The fourth-order valence-electron chi connectivity index (χ4n) is 3.09. The van der Waals surface area contributed by atoms with Crippen molar-refractivity contribution in [2.75, 3.05) is 11.9 Å². The van der Waals surface area contributed by atoms with Gasteiger partial charge in [0.2, 0.25) is 0 Å². The summed E-state index contributed by atoms with van der Waals surface area (Å²) in [7, 11) is 0. The minimum atomic E-state index is 0.375. The van der Waals surface area contributed by atoms with Gasteiger partial charge in [-0.25, -0.2) is 0 Å². The quantitative estimate of drug-likeness (QED) is 0.687. The molecule has 0 spiro atoms. The lowest BCUT2D eigenvalue weighted by Gasteiger charge is -2.30. The van der Waals surface area contributed by atoms with E-state index in [1.807, 2.05) is 6.07 Å². The summed E-state index contributed by atoms with van der Waals surface area (Å²) in [5.41, 5.74) is 2.15. The van der Waals surface area contributed by atoms with Gasteiger partial charge in [0.25, 0.3) is 0 Å². The van der Waals surface area contributed by atoms with Crippen LogP contribution in [-0.2, 0) is 0 Å². The predicted molar refractivity (Wildman–Crippen MR) is 69.3 cm³/mol. The van der Waals surface area contributed by atoms with E-state index in [0.29, 0.717) is 17.8 Å². The zero-order valence-corrected chi connectivity index (χ0v) is 10.1. The summed E-state index contributed by atoms with van der Waals surface area (Å²) in [4.78, 5) is 0. The number of hydrogen-bond acceptors (Lipinski definition) is 3. The van der Waals surface area contributed by atoms with Crippen molar-refractivity contribution in [3.63, 3.8) is 0 Å². The Balaban J connectivity index is 1.81. The van der Waals surface area contributed by atoms with Gasteiger partial charge < -0.3 is 15.7 Å². The van der Waals surface area contributed by atoms with Gasteiger partial charge in [-0.15, -0.1) is 0 Å². The fraction of sp³-hybridized carbons (Fsp3) is 0.571. The summed E-state index contributed by atoms with van der Waals surface area (Å²) < 4.78 is 0. The number of aromatic hydroxyl groups is 1. The summed E-state index contributed by atoms with van der Waals surface area (Å²) in [6.45, 7) is 0.939. The lowest BCUT2D eigenvalue weighted by atomic mass is 9.96. The molecule has 1 aromatic carbocycles. The molecule has 3 nitrogen and oxygen atoms in total. The Labute approximate surface area is 102 Å². The molecule has 0 radical (unpaired) electrons. The highest BCUT2D eigenvalue weighted by molar-refractivity contribution is 5.63. The van der Waals surface area contributed by atoms with Crippen LogP contribution >= 0.6 is 0 Å². The first-order valence-electron chi connectivity index (χ1n) is 6.66. The maximum Gasteiger partial charge on any atom is 0.139 e. The first-order valence-corrected chi connectivity index (χ1v) is 6.66. The summed E-state index contributed by atoms with van der Waals surface area (Å²) in [6.07, 6.45) is 6.42. The van der Waals surface area contributed by atoms with Crippen LogP contribution in [-0.4, -0.2) is 17.7 Å². The number of phenolic OH excluding ortho intramolecular Hbond substituents is 1. The zero-order chi connectivity index (χ0) is 11.7. The minimum absolute atomic E-state index is 0.375. The van der Waals surface area contributed by atoms with Crippen LogP contribution in [0, 0.1) is 0 Å². The number of benzene rings is 1. The van der Waals surface area contributed by atoms with Crippen LogP contribution in [0.5, 0.6) is 5.75 Å². The number of fused-ring (bicyclic) bond motifs is 1. The molecule has 0 saturated heterocycles. The van der Waals surface area contributed by atoms with Gasteiger partial charge in [-0.3, -0.25) is 0 Å². The van der Waals surface area contributed by atoms with Crippen LogP contribution in [0.3, 0.4) is 0 Å². The van der Waals surface area contributed by atoms with Crippen molar-refractivity contribution >= 4 is 5.69 Å². The molecule has 1 aromatic rings. The largest absolute Gasteiger partial charge is 0.506 e. The van der Waals surface area contributed by atoms with Crippen LogP contribution in [0.15, 0.2) is 18.2 Å². The summed E-state index contributed by atoms with van der Waals surface area (Å²) >= 11 is 0. The van der Waals surface area contributed by atoms with E-state index in [4.69, 9.17) is 0 Å². The zero-order valence-electron chi connectivity index (χ0n) is 10.1. The molecular weight excluding hydrogens is 212 g/mol. The van der Waals surface area contributed by atoms with E-state index in [1.165, 1.54) is 31.2 Å². The van der Waals surface area contributed by atoms with Crippen molar-refractivity contribution < 1.29 is 5.11 Å². The van der Waals surface area contributed by atoms with Gasteiger partial charge in [-0.2, -0.15) is 0 Å². The van der Waals surface area contributed by atoms with Gasteiger partial charge in [0.15, 0.2) is 0 Å². The molecule has 1 saturated carbocycles. The Kier molecular flexibility index (Phi) is 2.93. The van der Waals surface area contributed by atoms with Crippen molar-refractivity contribution in [1.29, 1.82) is 0 Å². The van der Waals surface area contributed by atoms with Gasteiger partial charge in [-0.1, -0.05) is 25.0 Å². The molecule has 1 aliphatic carbocycles. The molecule has 2 aliphatic rings. The van der Waals surface area contributed by atoms with Crippen LogP contribution in [0.1, 0.15) is 43.7 Å². The van der Waals surface area contributed by atoms with Crippen LogP contribution in [0.2, 0.25) is 0 Å². The Bertz CT molecular complexity index is 399. The van der Waals surface area contributed by atoms with Crippen LogP contribution in [0.4, 0.5) is 5.69 Å². The molecule has 1 atom stereocenters. The number of nitrogens with one attached hydrogen (secondary N) is 2. The number of anilines is 1. The number of phenols is 1. The third-order valence-electron chi connectivity index (χ3n) is 3.98. The van der Waals surface area contributed by atoms with E-state index < -0.39 is 0 Å². The Morgan fingerprint density at radius 1 is 1.18 bits per heavy atom. The lowest BCUT2D eigenvalue weighted by molar-refractivity contribution is 0.415. The van der Waals surface area contributed by atoms with Gasteiger partial charge in [0.1, 0.15) is 5.75 Å². The molecule has 0 bridgehead atoms. The van der Waals surface area contributed by atoms with Crippen LogP contribution < -0.4 is 10.6 Å². The molecule has 0 aromatic heterocycles. The normalized spacial score (nSPS) is 24.4. The monoisotopic (exact) mass is 232 g/mol. The van der Waals surface area contributed by atoms with E-state index >= 15 is 0 Å². The Morgan fingerprint density at radius 2 is 2.00 bits per heavy atom. The second kappa shape index (κ2) is 4.57. The third-order valence-corrected chi connectivity index (χ3v) is 3.98. The minimum Gasteiger partial charge on any atom is -0.506 e. The van der Waals surface area contributed by atoms with Crippen molar-refractivity contribution in [2.45, 2.75) is 44.2 Å². The summed E-state index contributed by atoms with van der Waals surface area (Å²) in [5, 5.41) is 16.9. The molecule has 1 unspecified atom stereocenters. The average Bonchev–Trinajstić information content (AvgIpc) is 2.83. The maximum absolute atomic E-state index is 9.84. The van der Waals surface area contributed by atoms with Crippen LogP contribution in [0.25, 0.3) is 0 Å². The maximum atomic E-state index is 9.84. The molecule has 17 heavy (non-hydrogen) atoms. The molecule has 3 rings (SSSR count). The van der Waals surface area contributed by atoms with Crippen molar-refractivity contribution in [3.05, 3.63) is 23.8 Å². The highest BCUT2D eigenvalue weighted by Crippen LogP contribution is 2.37. The Morgan fingerprint density at radius 3 is 2.82 bits per heavy atom. The molecule has 1 aliphatic heterocycles. The van der Waals surface area contributed by atoms with Gasteiger partial charge in [0.05, 0.1) is 5.69 Å². The molecule has 92 valence electrons. The van der Waals surface area contributed by atoms with Crippen molar-refractivity contribution in [1.82, 2.24) is 5.32 Å². The standard InChI is InChI=1S/C14H20N2O/c17-13-7-3-6-11-12(8-9-15-14(11)13)16-10-4-1-2-5-10/h3,6-7,10,12,15-17H,1-2,4-5,8-9H2. The highest BCUT2D eigenvalue weighted by Gasteiger charge is 2.25. The average molecular weight is 232 g/mol. The van der Waals surface area contributed by atoms with E-state index in [9.17, 15) is 5.11 Å². The van der Waals surface area contributed by atoms with E-state index in [2.05, 4.69) is 16.7 Å². The fourth-order valence-corrected chi connectivity index (χ4v) is 3.09. The molecule has 3 N–H and O–H groups in total. The summed E-state index contributed by atoms with van der Waals surface area (Å²) in [6, 6.07) is 6.89. The SMILES string of the molecule is Oc1cccc2c1NCCC2NC1CCCC1. The van der Waals surface area contributed by atoms with Gasteiger partial charge >= 0.3 is 0 Å². The number of hydrogen-bond donors (Lipinski definition) is 3.